The highest BCUT2D eigenvalue weighted by Gasteiger charge is 2.12. The number of aromatic nitrogens is 2. The third kappa shape index (κ3) is 3.97. The molecule has 0 amide bonds. The highest BCUT2D eigenvalue weighted by molar-refractivity contribution is 9.10. The Morgan fingerprint density at radius 1 is 0.923 bits per heavy atom. The van der Waals surface area contributed by atoms with E-state index >= 15 is 0 Å². The number of hydrogen-bond donors (Lipinski definition) is 3. The number of nitrogen functional groups attached to an aromatic ring is 1. The number of halogens is 1. The number of benzene rings is 2. The van der Waals surface area contributed by atoms with Gasteiger partial charge in [0.25, 0.3) is 0 Å². The summed E-state index contributed by atoms with van der Waals surface area (Å²) in [4.78, 5) is 8.44. The molecule has 0 aliphatic carbocycles. The summed E-state index contributed by atoms with van der Waals surface area (Å²) in [6.45, 7) is 0. The van der Waals surface area contributed by atoms with Crippen molar-refractivity contribution in [3.63, 3.8) is 0 Å². The topological polar surface area (TPSA) is 94.3 Å². The van der Waals surface area contributed by atoms with E-state index < -0.39 is 0 Å². The van der Waals surface area contributed by atoms with Gasteiger partial charge in [0.1, 0.15) is 23.5 Å². The molecular formula is C18H18BrN5O2. The van der Waals surface area contributed by atoms with E-state index in [1.54, 1.807) is 20.3 Å². The molecule has 0 bridgehead atoms. The lowest BCUT2D eigenvalue weighted by Gasteiger charge is -2.15. The number of nitrogens with one attached hydrogen (secondary N) is 2. The summed E-state index contributed by atoms with van der Waals surface area (Å²) in [5.74, 6) is 2.30. The van der Waals surface area contributed by atoms with Crippen LogP contribution in [0.2, 0.25) is 0 Å². The second-order valence-electron chi connectivity index (χ2n) is 5.31. The summed E-state index contributed by atoms with van der Waals surface area (Å²) in [7, 11) is 3.19. The molecule has 3 rings (SSSR count). The zero-order valence-corrected chi connectivity index (χ0v) is 15.9. The zero-order valence-electron chi connectivity index (χ0n) is 14.3. The molecule has 0 saturated heterocycles. The predicted octanol–water partition coefficient (Wildman–Crippen LogP) is 4.33. The number of anilines is 5. The highest BCUT2D eigenvalue weighted by atomic mass is 79.9. The van der Waals surface area contributed by atoms with Gasteiger partial charge < -0.3 is 25.8 Å². The van der Waals surface area contributed by atoms with Crippen molar-refractivity contribution in [1.29, 1.82) is 0 Å². The zero-order chi connectivity index (χ0) is 18.5. The van der Waals surface area contributed by atoms with Gasteiger partial charge in [0.05, 0.1) is 19.9 Å². The first-order valence-electron chi connectivity index (χ1n) is 7.73. The lowest BCUT2D eigenvalue weighted by Crippen LogP contribution is -2.05. The Hall–Kier alpha value is -3.00. The van der Waals surface area contributed by atoms with Crippen LogP contribution in [0.3, 0.4) is 0 Å². The lowest BCUT2D eigenvalue weighted by atomic mass is 10.2. The summed E-state index contributed by atoms with van der Waals surface area (Å²) < 4.78 is 11.6. The minimum Gasteiger partial charge on any atom is -0.497 e. The molecule has 1 aromatic heterocycles. The third-order valence-electron chi connectivity index (χ3n) is 3.65. The number of hydrogen-bond acceptors (Lipinski definition) is 7. The van der Waals surface area contributed by atoms with Gasteiger partial charge in [-0.15, -0.1) is 0 Å². The summed E-state index contributed by atoms with van der Waals surface area (Å²) in [5, 5.41) is 6.36. The van der Waals surface area contributed by atoms with Crippen molar-refractivity contribution in [3.8, 4) is 11.5 Å². The highest BCUT2D eigenvalue weighted by Crippen LogP contribution is 2.34. The average Bonchev–Trinajstić information content (AvgIpc) is 2.67. The fraction of sp³-hybridized carbons (Fsp3) is 0.111. The van der Waals surface area contributed by atoms with E-state index in [9.17, 15) is 0 Å². The van der Waals surface area contributed by atoms with Crippen molar-refractivity contribution in [3.05, 3.63) is 53.3 Å². The van der Waals surface area contributed by atoms with Crippen LogP contribution in [0.4, 0.5) is 28.7 Å². The molecule has 3 aromatic rings. The smallest absolute Gasteiger partial charge is 0.159 e. The van der Waals surface area contributed by atoms with Crippen LogP contribution in [0.25, 0.3) is 0 Å². The largest absolute Gasteiger partial charge is 0.497 e. The minimum atomic E-state index is 0.397. The molecule has 0 atom stereocenters. The second kappa shape index (κ2) is 7.92. The molecule has 4 N–H and O–H groups in total. The van der Waals surface area contributed by atoms with Crippen molar-refractivity contribution in [2.75, 3.05) is 30.6 Å². The van der Waals surface area contributed by atoms with Crippen LogP contribution in [0.1, 0.15) is 0 Å². The minimum absolute atomic E-state index is 0.397. The number of rotatable bonds is 6. The van der Waals surface area contributed by atoms with Crippen LogP contribution < -0.4 is 25.8 Å². The van der Waals surface area contributed by atoms with Crippen molar-refractivity contribution < 1.29 is 9.47 Å². The Bertz CT molecular complexity index is 903. The molecule has 0 aliphatic heterocycles. The molecule has 0 unspecified atom stereocenters. The maximum Gasteiger partial charge on any atom is 0.159 e. The maximum absolute atomic E-state index is 6.23. The third-order valence-corrected chi connectivity index (χ3v) is 4.18. The van der Waals surface area contributed by atoms with Crippen molar-refractivity contribution >= 4 is 44.6 Å². The number of methoxy groups -OCH3 is 2. The number of ether oxygens (including phenoxy) is 2. The van der Waals surface area contributed by atoms with E-state index in [0.29, 0.717) is 34.5 Å². The van der Waals surface area contributed by atoms with E-state index in [0.717, 1.165) is 10.2 Å². The van der Waals surface area contributed by atoms with Gasteiger partial charge in [0.15, 0.2) is 11.6 Å². The Balaban J connectivity index is 1.86. The summed E-state index contributed by atoms with van der Waals surface area (Å²) in [6.07, 6.45) is 1.44. The second-order valence-corrected chi connectivity index (χ2v) is 6.22. The van der Waals surface area contributed by atoms with Gasteiger partial charge in [-0.25, -0.2) is 9.97 Å². The fourth-order valence-electron chi connectivity index (χ4n) is 2.29. The molecule has 2 aromatic carbocycles. The van der Waals surface area contributed by atoms with Crippen LogP contribution in [-0.2, 0) is 0 Å². The van der Waals surface area contributed by atoms with Gasteiger partial charge in [-0.3, -0.25) is 0 Å². The molecule has 0 saturated carbocycles. The van der Waals surface area contributed by atoms with Crippen molar-refractivity contribution in [2.45, 2.75) is 0 Å². The molecular weight excluding hydrogens is 398 g/mol. The summed E-state index contributed by atoms with van der Waals surface area (Å²) in [6, 6.07) is 13.1. The first-order valence-corrected chi connectivity index (χ1v) is 8.52. The van der Waals surface area contributed by atoms with Crippen LogP contribution in [0, 0.1) is 0 Å². The van der Waals surface area contributed by atoms with Gasteiger partial charge in [-0.2, -0.15) is 0 Å². The quantitative estimate of drug-likeness (QED) is 0.551. The van der Waals surface area contributed by atoms with Gasteiger partial charge in [0, 0.05) is 16.2 Å². The van der Waals surface area contributed by atoms with Gasteiger partial charge in [-0.05, 0) is 36.4 Å². The molecule has 134 valence electrons. The predicted molar refractivity (Wildman–Crippen MR) is 107 cm³/mol. The standard InChI is InChI=1S/C18H18BrN5O2/c1-25-13-7-8-14(15(9-13)26-2)24-18-16(20)17(21-10-22-18)23-12-5-3-11(19)4-6-12/h3-10H,20H2,1-2H3,(H2,21,22,23,24). The summed E-state index contributed by atoms with van der Waals surface area (Å²) >= 11 is 3.41. The molecule has 0 aliphatic rings. The van der Waals surface area contributed by atoms with Gasteiger partial charge >= 0.3 is 0 Å². The van der Waals surface area contributed by atoms with Crippen LogP contribution in [0.15, 0.2) is 53.3 Å². The van der Waals surface area contributed by atoms with E-state index in [-0.39, 0.29) is 0 Å². The number of nitrogens with two attached hydrogens (primary N) is 1. The lowest BCUT2D eigenvalue weighted by molar-refractivity contribution is 0.395. The molecule has 0 fully saturated rings. The van der Waals surface area contributed by atoms with Crippen LogP contribution >= 0.6 is 15.9 Å². The fourth-order valence-corrected chi connectivity index (χ4v) is 2.56. The molecule has 8 heteroatoms. The van der Waals surface area contributed by atoms with Crippen molar-refractivity contribution in [2.24, 2.45) is 0 Å². The van der Waals surface area contributed by atoms with Gasteiger partial charge in [0.2, 0.25) is 0 Å². The van der Waals surface area contributed by atoms with Gasteiger partial charge in [-0.1, -0.05) is 15.9 Å². The van der Waals surface area contributed by atoms with Crippen LogP contribution in [0.5, 0.6) is 11.5 Å². The van der Waals surface area contributed by atoms with Crippen LogP contribution in [-0.4, -0.2) is 24.2 Å². The first-order chi connectivity index (χ1) is 12.6. The SMILES string of the molecule is COc1ccc(Nc2ncnc(Nc3ccc(Br)cc3)c2N)c(OC)c1. The van der Waals surface area contributed by atoms with E-state index in [1.165, 1.54) is 6.33 Å². The molecule has 26 heavy (non-hydrogen) atoms. The average molecular weight is 416 g/mol. The maximum atomic E-state index is 6.23. The Morgan fingerprint density at radius 3 is 2.27 bits per heavy atom. The molecule has 1 heterocycles. The Morgan fingerprint density at radius 2 is 1.62 bits per heavy atom. The van der Waals surface area contributed by atoms with E-state index in [4.69, 9.17) is 15.2 Å². The summed E-state index contributed by atoms with van der Waals surface area (Å²) in [5.41, 5.74) is 8.21. The first kappa shape index (κ1) is 17.8. The molecule has 0 spiro atoms. The normalized spacial score (nSPS) is 10.3. The molecule has 0 radical (unpaired) electrons. The monoisotopic (exact) mass is 415 g/mol. The van der Waals surface area contributed by atoms with Crippen molar-refractivity contribution in [1.82, 2.24) is 9.97 Å². The Labute approximate surface area is 159 Å². The molecule has 7 nitrogen and oxygen atoms in total. The van der Waals surface area contributed by atoms with E-state index in [2.05, 4.69) is 36.5 Å². The number of nitrogens with zero attached hydrogens (tertiary/aromatic N) is 2. The van der Waals surface area contributed by atoms with E-state index in [1.807, 2.05) is 36.4 Å². The Kier molecular flexibility index (Phi) is 5.43.